The number of hydrogen-bond acceptors (Lipinski definition) is 3. The Balaban J connectivity index is 1.27. The summed E-state index contributed by atoms with van der Waals surface area (Å²) in [5.74, 6) is 3.55. The van der Waals surface area contributed by atoms with Gasteiger partial charge in [-0.25, -0.2) is 0 Å². The first-order valence-corrected chi connectivity index (χ1v) is 33.2. The van der Waals surface area contributed by atoms with Gasteiger partial charge in [-0.15, -0.1) is 0 Å². The number of ether oxygens (including phenoxy) is 1. The third-order valence-corrected chi connectivity index (χ3v) is 23.5. The first-order valence-electron chi connectivity index (χ1n) is 22.9. The zero-order chi connectivity index (χ0) is 40.7. The summed E-state index contributed by atoms with van der Waals surface area (Å²) in [6, 6.07) is 17.8. The normalized spacial score (nSPS) is 31.9. The molecule has 2 heterocycles. The van der Waals surface area contributed by atoms with Crippen molar-refractivity contribution in [1.82, 2.24) is 0 Å². The Kier molecular flexibility index (Phi) is 11.1. The molecule has 6 aliphatic rings. The summed E-state index contributed by atoms with van der Waals surface area (Å²) in [7, 11) is -4.97. The standard InChI is InChI=1S/C51H76N2OSi3/c1-35-25-27-43-41(31-35)45-47(52(43)33-55(6,7)8)37-21-15-17-23-39(37)49(45)57(12,30-20-14-13-19-29-54-51(3,4)5)50-40-24-18-16-22-38(40)48-46(50)42-32-36(2)26-28-44(42)53(48)34-56(9,10)11/h15-18,21-28,31-32,37-40,45-50H,13-14,19-20,29-30,33-34H2,1-12H3. The van der Waals surface area contributed by atoms with Crippen LogP contribution in [-0.2, 0) is 4.74 Å². The van der Waals surface area contributed by atoms with E-state index in [1.54, 1.807) is 22.5 Å². The summed E-state index contributed by atoms with van der Waals surface area (Å²) in [5, 5.41) is 0. The van der Waals surface area contributed by atoms with E-state index in [1.165, 1.54) is 55.2 Å². The number of aryl methyl sites for hydroxylation is 2. The van der Waals surface area contributed by atoms with E-state index in [2.05, 4.69) is 175 Å². The monoisotopic (exact) mass is 817 g/mol. The molecule has 4 aliphatic carbocycles. The van der Waals surface area contributed by atoms with Crippen LogP contribution < -0.4 is 9.80 Å². The molecule has 0 spiro atoms. The van der Waals surface area contributed by atoms with Gasteiger partial charge < -0.3 is 14.5 Å². The molecule has 308 valence electrons. The average molecular weight is 817 g/mol. The fourth-order valence-corrected chi connectivity index (χ4v) is 23.1. The van der Waals surface area contributed by atoms with Crippen LogP contribution in [0.4, 0.5) is 11.4 Å². The van der Waals surface area contributed by atoms with Gasteiger partial charge in [0.15, 0.2) is 0 Å². The van der Waals surface area contributed by atoms with Gasteiger partial charge in [0.2, 0.25) is 0 Å². The second-order valence-electron chi connectivity index (χ2n) is 23.1. The van der Waals surface area contributed by atoms with E-state index in [1.807, 2.05) is 0 Å². The lowest BCUT2D eigenvalue weighted by Crippen LogP contribution is -2.49. The van der Waals surface area contributed by atoms with Crippen LogP contribution in [-0.4, -0.2) is 60.8 Å². The highest BCUT2D eigenvalue weighted by atomic mass is 28.3. The van der Waals surface area contributed by atoms with Crippen molar-refractivity contribution in [3.05, 3.63) is 107 Å². The lowest BCUT2D eigenvalue weighted by atomic mass is 9.89. The fraction of sp³-hybridized carbons (Fsp3) is 0.608. The molecule has 0 saturated heterocycles. The van der Waals surface area contributed by atoms with Crippen molar-refractivity contribution in [1.29, 1.82) is 0 Å². The molecule has 6 heteroatoms. The molecule has 57 heavy (non-hydrogen) atoms. The number of unbranched alkanes of at least 4 members (excludes halogenated alkanes) is 3. The van der Waals surface area contributed by atoms with Gasteiger partial charge in [0.1, 0.15) is 0 Å². The van der Waals surface area contributed by atoms with Crippen molar-refractivity contribution >= 4 is 35.6 Å². The highest BCUT2D eigenvalue weighted by Crippen LogP contribution is 2.72. The second kappa shape index (κ2) is 15.3. The quantitative estimate of drug-likeness (QED) is 0.148. The van der Waals surface area contributed by atoms with E-state index >= 15 is 0 Å². The zero-order valence-corrected chi connectivity index (χ0v) is 40.8. The predicted molar refractivity (Wildman–Crippen MR) is 255 cm³/mol. The largest absolute Gasteiger partial charge is 0.376 e. The van der Waals surface area contributed by atoms with Gasteiger partial charge in [0, 0.05) is 66.1 Å². The molecule has 0 amide bonds. The Morgan fingerprint density at radius 2 is 0.982 bits per heavy atom. The fourth-order valence-electron chi connectivity index (χ4n) is 13.3. The number of hydrogen-bond donors (Lipinski definition) is 0. The minimum atomic E-state index is -2.15. The molecule has 2 fully saturated rings. The van der Waals surface area contributed by atoms with Crippen molar-refractivity contribution in [3.8, 4) is 0 Å². The maximum atomic E-state index is 6.20. The average Bonchev–Trinajstić information content (AvgIpc) is 3.82. The molecule has 2 aromatic carbocycles. The van der Waals surface area contributed by atoms with Crippen LogP contribution in [0, 0.1) is 37.5 Å². The van der Waals surface area contributed by atoms with Crippen LogP contribution in [0.5, 0.6) is 0 Å². The number of fused-ring (bicyclic) bond motifs is 10. The van der Waals surface area contributed by atoms with E-state index in [4.69, 9.17) is 4.74 Å². The minimum absolute atomic E-state index is 0.0565. The van der Waals surface area contributed by atoms with Crippen molar-refractivity contribution < 1.29 is 4.74 Å². The predicted octanol–water partition coefficient (Wildman–Crippen LogP) is 13.2. The Hall–Kier alpha value is -2.39. The number of anilines is 2. The number of rotatable bonds is 13. The SMILES string of the molecule is Cc1ccc2c(c1)C1C(C3C=CC=CC3C1[Si](C)(CCCCCCOC(C)(C)C)C1C3C=CC=CC3C3C1c1cc(C)ccc1N3C[Si](C)(C)C)N2C[Si](C)(C)C. The molecule has 3 nitrogen and oxygen atoms in total. The molecule has 10 atom stereocenters. The van der Waals surface area contributed by atoms with Crippen LogP contribution >= 0.6 is 0 Å². The molecule has 8 rings (SSSR count). The van der Waals surface area contributed by atoms with E-state index in [0.29, 0.717) is 58.7 Å². The third-order valence-electron chi connectivity index (χ3n) is 15.0. The zero-order valence-electron chi connectivity index (χ0n) is 37.8. The Bertz CT molecular complexity index is 1800. The smallest absolute Gasteiger partial charge is 0.0665 e. The second-order valence-corrected chi connectivity index (χ2v) is 38.8. The first kappa shape index (κ1) is 41.3. The molecule has 0 bridgehead atoms. The van der Waals surface area contributed by atoms with Crippen molar-refractivity contribution in [2.75, 3.05) is 28.7 Å². The summed E-state index contributed by atoms with van der Waals surface area (Å²) in [6.07, 6.45) is 28.2. The molecule has 2 aromatic rings. The summed E-state index contributed by atoms with van der Waals surface area (Å²) >= 11 is 0. The van der Waals surface area contributed by atoms with Crippen LogP contribution in [0.15, 0.2) is 85.0 Å². The number of benzene rings is 2. The first-order chi connectivity index (χ1) is 26.9. The molecule has 2 aliphatic heterocycles. The van der Waals surface area contributed by atoms with E-state index in [9.17, 15) is 0 Å². The third kappa shape index (κ3) is 7.77. The molecule has 0 aromatic heterocycles. The van der Waals surface area contributed by atoms with Crippen LogP contribution in [0.25, 0.3) is 0 Å². The van der Waals surface area contributed by atoms with E-state index in [-0.39, 0.29) is 5.60 Å². The Labute approximate surface area is 351 Å². The van der Waals surface area contributed by atoms with Gasteiger partial charge in [0.05, 0.1) is 29.8 Å². The topological polar surface area (TPSA) is 15.7 Å². The molecule has 0 N–H and O–H groups in total. The van der Waals surface area contributed by atoms with Gasteiger partial charge in [-0.2, -0.15) is 0 Å². The summed E-state index contributed by atoms with van der Waals surface area (Å²) in [4.78, 5) is 5.98. The van der Waals surface area contributed by atoms with Crippen LogP contribution in [0.1, 0.15) is 80.5 Å². The van der Waals surface area contributed by atoms with Crippen molar-refractivity contribution in [2.24, 2.45) is 23.7 Å². The van der Waals surface area contributed by atoms with Gasteiger partial charge in [-0.05, 0) is 87.2 Å². The van der Waals surface area contributed by atoms with E-state index < -0.39 is 24.2 Å². The van der Waals surface area contributed by atoms with Gasteiger partial charge in [-0.1, -0.05) is 155 Å². The summed E-state index contributed by atoms with van der Waals surface area (Å²) < 4.78 is 6.20. The Morgan fingerprint density at radius 1 is 0.561 bits per heavy atom. The minimum Gasteiger partial charge on any atom is -0.376 e. The van der Waals surface area contributed by atoms with Crippen molar-refractivity contribution in [3.63, 3.8) is 0 Å². The van der Waals surface area contributed by atoms with Crippen LogP contribution in [0.2, 0.25) is 63.0 Å². The molecular formula is C51H76N2OSi3. The molecule has 0 radical (unpaired) electrons. The van der Waals surface area contributed by atoms with Gasteiger partial charge >= 0.3 is 0 Å². The molecular weight excluding hydrogens is 741 g/mol. The molecule has 10 unspecified atom stereocenters. The lowest BCUT2D eigenvalue weighted by molar-refractivity contribution is -0.00471. The number of allylic oxidation sites excluding steroid dienone is 6. The summed E-state index contributed by atoms with van der Waals surface area (Å²) in [6.45, 7) is 30.7. The van der Waals surface area contributed by atoms with Crippen molar-refractivity contribution in [2.45, 2.75) is 153 Å². The molecule has 2 saturated carbocycles. The lowest BCUT2D eigenvalue weighted by Gasteiger charge is -2.48. The maximum absolute atomic E-state index is 6.20. The van der Waals surface area contributed by atoms with E-state index in [0.717, 1.165) is 6.61 Å². The number of nitrogens with zero attached hydrogens (tertiary/aromatic N) is 2. The van der Waals surface area contributed by atoms with Gasteiger partial charge in [-0.3, -0.25) is 0 Å². The highest BCUT2D eigenvalue weighted by Gasteiger charge is 2.68. The maximum Gasteiger partial charge on any atom is 0.0665 e. The van der Waals surface area contributed by atoms with Crippen LogP contribution in [0.3, 0.4) is 0 Å². The highest BCUT2D eigenvalue weighted by molar-refractivity contribution is 6.82. The Morgan fingerprint density at radius 3 is 1.40 bits per heavy atom. The van der Waals surface area contributed by atoms with Gasteiger partial charge in [0.25, 0.3) is 0 Å². The summed E-state index contributed by atoms with van der Waals surface area (Å²) in [5.41, 5.74) is 10.8.